The zero-order valence-corrected chi connectivity index (χ0v) is 16.9. The second kappa shape index (κ2) is 7.41. The lowest BCUT2D eigenvalue weighted by Gasteiger charge is -2.35. The van der Waals surface area contributed by atoms with Gasteiger partial charge < -0.3 is 10.2 Å². The summed E-state index contributed by atoms with van der Waals surface area (Å²) in [6.45, 7) is 3.62. The fourth-order valence-electron chi connectivity index (χ4n) is 3.37. The van der Waals surface area contributed by atoms with Crippen LogP contribution in [-0.4, -0.2) is 71.4 Å². The fraction of sp³-hybridized carbons (Fsp3) is 0.333. The van der Waals surface area contributed by atoms with Gasteiger partial charge in [0.25, 0.3) is 11.7 Å². The molecule has 0 bridgehead atoms. The summed E-state index contributed by atoms with van der Waals surface area (Å²) in [6, 6.07) is 7.89. The number of carbonyl (C=O) groups is 1. The van der Waals surface area contributed by atoms with Crippen LogP contribution >= 0.6 is 0 Å². The van der Waals surface area contributed by atoms with Gasteiger partial charge in [-0.1, -0.05) is 0 Å². The van der Waals surface area contributed by atoms with Crippen molar-refractivity contribution in [3.63, 3.8) is 0 Å². The first kappa shape index (κ1) is 19.3. The van der Waals surface area contributed by atoms with Crippen LogP contribution in [0, 0.1) is 6.92 Å². The van der Waals surface area contributed by atoms with Gasteiger partial charge in [0.15, 0.2) is 0 Å². The van der Waals surface area contributed by atoms with Crippen LogP contribution in [0.5, 0.6) is 0 Å². The summed E-state index contributed by atoms with van der Waals surface area (Å²) in [5.74, 6) is 1.11. The molecule has 1 aliphatic rings. The molecule has 1 fully saturated rings. The summed E-state index contributed by atoms with van der Waals surface area (Å²) in [7, 11) is -2.10. The van der Waals surface area contributed by atoms with Crippen LogP contribution in [0.1, 0.15) is 16.1 Å². The van der Waals surface area contributed by atoms with Crippen LogP contribution in [0.4, 0.5) is 5.82 Å². The number of hydrogen-bond acceptors (Lipinski definition) is 7. The lowest BCUT2D eigenvalue weighted by atomic mass is 10.2. The third-order valence-electron chi connectivity index (χ3n) is 4.91. The number of carbonyl (C=O) groups excluding carboxylic acids is 1. The minimum atomic E-state index is -3.63. The largest absolute Gasteiger partial charge is 0.355 e. The predicted octanol–water partition coefficient (Wildman–Crippen LogP) is 0.303. The van der Waals surface area contributed by atoms with E-state index in [0.29, 0.717) is 37.5 Å². The van der Waals surface area contributed by atoms with E-state index in [1.807, 2.05) is 13.0 Å². The molecule has 0 spiro atoms. The molecule has 4 rings (SSSR count). The maximum atomic E-state index is 13.0. The van der Waals surface area contributed by atoms with E-state index >= 15 is 0 Å². The van der Waals surface area contributed by atoms with Gasteiger partial charge in [0.1, 0.15) is 12.1 Å². The van der Waals surface area contributed by atoms with Crippen LogP contribution in [0.25, 0.3) is 5.78 Å². The molecule has 3 heterocycles. The Bertz CT molecular complexity index is 1150. The average Bonchev–Trinajstić information content (AvgIpc) is 3.21. The predicted molar refractivity (Wildman–Crippen MR) is 106 cm³/mol. The van der Waals surface area contributed by atoms with Gasteiger partial charge in [-0.25, -0.2) is 13.4 Å². The smallest absolute Gasteiger partial charge is 0.254 e. The lowest BCUT2D eigenvalue weighted by Crippen LogP contribution is -2.49. The number of piperazine rings is 1. The van der Waals surface area contributed by atoms with Crippen LogP contribution < -0.4 is 10.2 Å². The van der Waals surface area contributed by atoms with Crippen molar-refractivity contribution in [1.29, 1.82) is 0 Å². The summed E-state index contributed by atoms with van der Waals surface area (Å²) in [6.07, 6.45) is 1.45. The number of aryl methyl sites for hydroxylation is 1. The Balaban J connectivity index is 1.51. The number of amides is 1. The number of benzene rings is 1. The van der Waals surface area contributed by atoms with E-state index in [-0.39, 0.29) is 10.8 Å². The average molecular weight is 415 g/mol. The zero-order chi connectivity index (χ0) is 20.6. The lowest BCUT2D eigenvalue weighted by molar-refractivity contribution is 0.0963. The van der Waals surface area contributed by atoms with Crippen LogP contribution in [0.15, 0.2) is 41.6 Å². The van der Waals surface area contributed by atoms with Crippen molar-refractivity contribution in [2.45, 2.75) is 11.8 Å². The monoisotopic (exact) mass is 415 g/mol. The molecular formula is C18H21N7O3S. The molecule has 0 saturated carbocycles. The first-order valence-corrected chi connectivity index (χ1v) is 10.6. The molecule has 1 amide bonds. The molecule has 3 aromatic rings. The summed E-state index contributed by atoms with van der Waals surface area (Å²) in [4.78, 5) is 22.4. The molecule has 1 N–H and O–H groups in total. The van der Waals surface area contributed by atoms with E-state index in [2.05, 4.69) is 25.3 Å². The standard InChI is InChI=1S/C18H21N7O3S/c1-13-11-16(25-18(22-13)20-12-21-25)23-7-9-24(10-8-23)29(27,28)15-5-3-14(4-6-15)17(26)19-2/h3-6,11-12H,7-10H2,1-2H3,(H,19,26). The molecule has 10 nitrogen and oxygen atoms in total. The van der Waals surface area contributed by atoms with Crippen molar-refractivity contribution in [2.24, 2.45) is 0 Å². The number of sulfonamides is 1. The highest BCUT2D eigenvalue weighted by Gasteiger charge is 2.29. The Morgan fingerprint density at radius 1 is 1.10 bits per heavy atom. The number of nitrogens with one attached hydrogen (secondary N) is 1. The Morgan fingerprint density at radius 3 is 2.45 bits per heavy atom. The van der Waals surface area contributed by atoms with Crippen molar-refractivity contribution in [2.75, 3.05) is 38.1 Å². The first-order valence-electron chi connectivity index (χ1n) is 9.15. The molecule has 152 valence electrons. The highest BCUT2D eigenvalue weighted by molar-refractivity contribution is 7.89. The molecule has 0 atom stereocenters. The summed E-state index contributed by atoms with van der Waals surface area (Å²) in [5, 5.41) is 6.73. The molecule has 1 aromatic carbocycles. The van der Waals surface area contributed by atoms with Gasteiger partial charge in [-0.3, -0.25) is 4.79 Å². The summed E-state index contributed by atoms with van der Waals surface area (Å²) < 4.78 is 29.1. The molecule has 0 radical (unpaired) electrons. The number of rotatable bonds is 4. The van der Waals surface area contributed by atoms with Gasteiger partial charge in [0.2, 0.25) is 10.0 Å². The Hall–Kier alpha value is -3.05. The number of fused-ring (bicyclic) bond motifs is 1. The minimum absolute atomic E-state index is 0.178. The third-order valence-corrected chi connectivity index (χ3v) is 6.82. The van der Waals surface area contributed by atoms with Crippen molar-refractivity contribution >= 4 is 27.5 Å². The first-order chi connectivity index (χ1) is 13.9. The molecule has 2 aromatic heterocycles. The second-order valence-corrected chi connectivity index (χ2v) is 8.66. The number of nitrogens with zero attached hydrogens (tertiary/aromatic N) is 6. The number of aromatic nitrogens is 4. The number of hydrogen-bond donors (Lipinski definition) is 1. The van der Waals surface area contributed by atoms with Gasteiger partial charge in [-0.05, 0) is 31.2 Å². The number of anilines is 1. The van der Waals surface area contributed by atoms with Crippen LogP contribution in [-0.2, 0) is 10.0 Å². The minimum Gasteiger partial charge on any atom is -0.355 e. The molecule has 29 heavy (non-hydrogen) atoms. The highest BCUT2D eigenvalue weighted by Crippen LogP contribution is 2.22. The van der Waals surface area contributed by atoms with Crippen molar-refractivity contribution in [3.8, 4) is 0 Å². The molecule has 0 unspecified atom stereocenters. The van der Waals surface area contributed by atoms with Gasteiger partial charge in [0.05, 0.1) is 4.90 Å². The van der Waals surface area contributed by atoms with E-state index in [1.54, 1.807) is 4.52 Å². The SMILES string of the molecule is CNC(=O)c1ccc(S(=O)(=O)N2CCN(c3cc(C)nc4ncnn34)CC2)cc1. The van der Waals surface area contributed by atoms with Crippen LogP contribution in [0.2, 0.25) is 0 Å². The van der Waals surface area contributed by atoms with E-state index in [4.69, 9.17) is 0 Å². The van der Waals surface area contributed by atoms with Gasteiger partial charge in [0, 0.05) is 50.6 Å². The Labute approximate surface area is 168 Å². The second-order valence-electron chi connectivity index (χ2n) is 6.72. The third kappa shape index (κ3) is 3.54. The Kier molecular flexibility index (Phi) is 4.92. The van der Waals surface area contributed by atoms with Crippen molar-refractivity contribution in [3.05, 3.63) is 47.9 Å². The summed E-state index contributed by atoms with van der Waals surface area (Å²) >= 11 is 0. The Morgan fingerprint density at radius 2 is 1.79 bits per heavy atom. The van der Waals surface area contributed by atoms with Gasteiger partial charge in [-0.15, -0.1) is 0 Å². The zero-order valence-electron chi connectivity index (χ0n) is 16.1. The van der Waals surface area contributed by atoms with E-state index in [1.165, 1.54) is 41.9 Å². The van der Waals surface area contributed by atoms with Gasteiger partial charge >= 0.3 is 0 Å². The molecule has 0 aliphatic carbocycles. The van der Waals surface area contributed by atoms with E-state index in [9.17, 15) is 13.2 Å². The molecular weight excluding hydrogens is 394 g/mol. The maximum Gasteiger partial charge on any atom is 0.254 e. The van der Waals surface area contributed by atoms with Crippen molar-refractivity contribution in [1.82, 2.24) is 29.2 Å². The quantitative estimate of drug-likeness (QED) is 0.652. The molecule has 1 aliphatic heterocycles. The normalized spacial score (nSPS) is 15.6. The molecule has 1 saturated heterocycles. The fourth-order valence-corrected chi connectivity index (χ4v) is 4.79. The van der Waals surface area contributed by atoms with E-state index in [0.717, 1.165) is 11.5 Å². The van der Waals surface area contributed by atoms with Crippen molar-refractivity contribution < 1.29 is 13.2 Å². The molecule has 11 heteroatoms. The summed E-state index contributed by atoms with van der Waals surface area (Å²) in [5.41, 5.74) is 1.24. The van der Waals surface area contributed by atoms with Gasteiger partial charge in [-0.2, -0.15) is 18.9 Å². The van der Waals surface area contributed by atoms with Crippen LogP contribution in [0.3, 0.4) is 0 Å². The topological polar surface area (TPSA) is 113 Å². The van der Waals surface area contributed by atoms with E-state index < -0.39 is 10.0 Å². The highest BCUT2D eigenvalue weighted by atomic mass is 32.2. The maximum absolute atomic E-state index is 13.0.